The topological polar surface area (TPSA) is 12.0 Å². The van der Waals surface area contributed by atoms with Gasteiger partial charge in [-0.15, -0.1) is 0 Å². The molecule has 1 saturated carbocycles. The molecule has 0 amide bonds. The second-order valence-corrected chi connectivity index (χ2v) is 5.68. The van der Waals surface area contributed by atoms with E-state index in [-0.39, 0.29) is 0 Å². The highest BCUT2D eigenvalue weighted by Crippen LogP contribution is 2.29. The SMILES string of the molecule is CNC(C)C(C)SCC1CCCC1. The Hall–Kier alpha value is 0.310. The first-order chi connectivity index (χ1) is 6.24. The molecule has 0 aliphatic heterocycles. The van der Waals surface area contributed by atoms with Gasteiger partial charge >= 0.3 is 0 Å². The maximum absolute atomic E-state index is 3.32. The Morgan fingerprint density at radius 1 is 1.31 bits per heavy atom. The zero-order chi connectivity index (χ0) is 9.68. The van der Waals surface area contributed by atoms with E-state index in [1.54, 1.807) is 0 Å². The molecule has 1 N–H and O–H groups in total. The predicted octanol–water partition coefficient (Wildman–Crippen LogP) is 2.91. The molecule has 1 fully saturated rings. The lowest BCUT2D eigenvalue weighted by Crippen LogP contribution is -2.31. The number of hydrogen-bond acceptors (Lipinski definition) is 2. The third kappa shape index (κ3) is 3.90. The van der Waals surface area contributed by atoms with Crippen LogP contribution in [0.1, 0.15) is 39.5 Å². The lowest BCUT2D eigenvalue weighted by atomic mass is 10.1. The molecule has 0 aromatic carbocycles. The van der Waals surface area contributed by atoms with Crippen LogP contribution in [0.15, 0.2) is 0 Å². The van der Waals surface area contributed by atoms with Crippen molar-refractivity contribution in [3.05, 3.63) is 0 Å². The minimum Gasteiger partial charge on any atom is -0.316 e. The van der Waals surface area contributed by atoms with E-state index in [1.165, 1.54) is 31.4 Å². The second-order valence-electron chi connectivity index (χ2n) is 4.27. The van der Waals surface area contributed by atoms with E-state index < -0.39 is 0 Å². The van der Waals surface area contributed by atoms with Gasteiger partial charge in [0.15, 0.2) is 0 Å². The quantitative estimate of drug-likeness (QED) is 0.734. The van der Waals surface area contributed by atoms with E-state index in [1.807, 2.05) is 0 Å². The average molecular weight is 201 g/mol. The molecule has 78 valence electrons. The van der Waals surface area contributed by atoms with Crippen molar-refractivity contribution in [2.24, 2.45) is 5.92 Å². The third-order valence-corrected chi connectivity index (χ3v) is 4.83. The van der Waals surface area contributed by atoms with Crippen LogP contribution in [0.25, 0.3) is 0 Å². The van der Waals surface area contributed by atoms with Crippen LogP contribution in [0.3, 0.4) is 0 Å². The molecule has 1 rings (SSSR count). The fourth-order valence-electron chi connectivity index (χ4n) is 1.84. The Morgan fingerprint density at radius 3 is 2.46 bits per heavy atom. The van der Waals surface area contributed by atoms with Gasteiger partial charge in [0, 0.05) is 11.3 Å². The zero-order valence-electron chi connectivity index (χ0n) is 9.18. The summed E-state index contributed by atoms with van der Waals surface area (Å²) in [5, 5.41) is 4.07. The number of hydrogen-bond donors (Lipinski definition) is 1. The Labute approximate surface area is 87.1 Å². The molecule has 1 nitrogen and oxygen atoms in total. The summed E-state index contributed by atoms with van der Waals surface area (Å²) in [5.74, 6) is 2.41. The molecule has 0 radical (unpaired) electrons. The fraction of sp³-hybridized carbons (Fsp3) is 1.00. The lowest BCUT2D eigenvalue weighted by molar-refractivity contribution is 0.594. The highest BCUT2D eigenvalue weighted by Gasteiger charge is 2.17. The van der Waals surface area contributed by atoms with E-state index in [2.05, 4.69) is 38.0 Å². The highest BCUT2D eigenvalue weighted by molar-refractivity contribution is 7.99. The van der Waals surface area contributed by atoms with Gasteiger partial charge in [-0.2, -0.15) is 11.8 Å². The molecule has 0 saturated heterocycles. The van der Waals surface area contributed by atoms with Gasteiger partial charge in [0.25, 0.3) is 0 Å². The standard InChI is InChI=1S/C11H23NS/c1-9(12-3)10(2)13-8-11-6-4-5-7-11/h9-12H,4-8H2,1-3H3. The van der Waals surface area contributed by atoms with Gasteiger partial charge in [0.05, 0.1) is 0 Å². The van der Waals surface area contributed by atoms with Crippen molar-refractivity contribution in [2.75, 3.05) is 12.8 Å². The second kappa shape index (κ2) is 5.92. The van der Waals surface area contributed by atoms with Crippen LogP contribution in [0.5, 0.6) is 0 Å². The minimum absolute atomic E-state index is 0.645. The molecule has 1 aliphatic rings. The predicted molar refractivity (Wildman–Crippen MR) is 62.4 cm³/mol. The van der Waals surface area contributed by atoms with Crippen LogP contribution in [-0.4, -0.2) is 24.1 Å². The van der Waals surface area contributed by atoms with E-state index in [0.717, 1.165) is 11.2 Å². The molecule has 13 heavy (non-hydrogen) atoms. The van der Waals surface area contributed by atoms with Crippen molar-refractivity contribution in [1.82, 2.24) is 5.32 Å². The van der Waals surface area contributed by atoms with E-state index in [9.17, 15) is 0 Å². The van der Waals surface area contributed by atoms with Crippen molar-refractivity contribution < 1.29 is 0 Å². The molecule has 1 aliphatic carbocycles. The van der Waals surface area contributed by atoms with Crippen LogP contribution in [-0.2, 0) is 0 Å². The van der Waals surface area contributed by atoms with E-state index in [0.29, 0.717) is 6.04 Å². The first-order valence-electron chi connectivity index (χ1n) is 5.53. The van der Waals surface area contributed by atoms with Crippen LogP contribution in [0.2, 0.25) is 0 Å². The summed E-state index contributed by atoms with van der Waals surface area (Å²) in [7, 11) is 2.05. The maximum atomic E-state index is 3.32. The zero-order valence-corrected chi connectivity index (χ0v) is 9.99. The van der Waals surface area contributed by atoms with Crippen molar-refractivity contribution in [3.8, 4) is 0 Å². The number of rotatable bonds is 5. The molecule has 0 spiro atoms. The van der Waals surface area contributed by atoms with Gasteiger partial charge in [0.1, 0.15) is 0 Å². The molecule has 2 atom stereocenters. The Morgan fingerprint density at radius 2 is 1.92 bits per heavy atom. The lowest BCUT2D eigenvalue weighted by Gasteiger charge is -2.20. The monoisotopic (exact) mass is 201 g/mol. The van der Waals surface area contributed by atoms with Crippen LogP contribution >= 0.6 is 11.8 Å². The van der Waals surface area contributed by atoms with E-state index in [4.69, 9.17) is 0 Å². The van der Waals surface area contributed by atoms with Gasteiger partial charge in [-0.05, 0) is 38.5 Å². The van der Waals surface area contributed by atoms with Gasteiger partial charge < -0.3 is 5.32 Å². The molecule has 0 aromatic heterocycles. The first kappa shape index (κ1) is 11.4. The molecular formula is C11H23NS. The normalized spacial score (nSPS) is 23.3. The molecule has 2 unspecified atom stereocenters. The molecule has 0 aromatic rings. The van der Waals surface area contributed by atoms with Crippen molar-refractivity contribution in [3.63, 3.8) is 0 Å². The summed E-state index contributed by atoms with van der Waals surface area (Å²) in [6.45, 7) is 4.60. The summed E-state index contributed by atoms with van der Waals surface area (Å²) < 4.78 is 0. The van der Waals surface area contributed by atoms with E-state index >= 15 is 0 Å². The number of nitrogens with one attached hydrogen (secondary N) is 1. The summed E-state index contributed by atoms with van der Waals surface area (Å²) in [4.78, 5) is 0. The Kier molecular flexibility index (Phi) is 5.18. The molecular weight excluding hydrogens is 178 g/mol. The molecule has 0 bridgehead atoms. The summed E-state index contributed by atoms with van der Waals surface area (Å²) in [6.07, 6.45) is 5.91. The Bertz CT molecular complexity index is 132. The van der Waals surface area contributed by atoms with Crippen LogP contribution < -0.4 is 5.32 Å². The highest BCUT2D eigenvalue weighted by atomic mass is 32.2. The largest absolute Gasteiger partial charge is 0.316 e. The van der Waals surface area contributed by atoms with Crippen molar-refractivity contribution in [1.29, 1.82) is 0 Å². The van der Waals surface area contributed by atoms with Crippen LogP contribution in [0.4, 0.5) is 0 Å². The Balaban J connectivity index is 2.10. The fourth-order valence-corrected chi connectivity index (χ4v) is 3.18. The van der Waals surface area contributed by atoms with Crippen molar-refractivity contribution >= 4 is 11.8 Å². The van der Waals surface area contributed by atoms with Gasteiger partial charge in [0.2, 0.25) is 0 Å². The van der Waals surface area contributed by atoms with Crippen LogP contribution in [0, 0.1) is 5.92 Å². The summed E-state index contributed by atoms with van der Waals surface area (Å²) >= 11 is 2.14. The molecule has 0 heterocycles. The van der Waals surface area contributed by atoms with Gasteiger partial charge in [-0.3, -0.25) is 0 Å². The number of thioether (sulfide) groups is 1. The van der Waals surface area contributed by atoms with Crippen molar-refractivity contribution in [2.45, 2.75) is 50.8 Å². The summed E-state index contributed by atoms with van der Waals surface area (Å²) in [5.41, 5.74) is 0. The minimum atomic E-state index is 0.645. The van der Waals surface area contributed by atoms with Gasteiger partial charge in [-0.25, -0.2) is 0 Å². The molecule has 2 heteroatoms. The first-order valence-corrected chi connectivity index (χ1v) is 6.57. The van der Waals surface area contributed by atoms with Gasteiger partial charge in [-0.1, -0.05) is 19.8 Å². The smallest absolute Gasteiger partial charge is 0.0170 e. The maximum Gasteiger partial charge on any atom is 0.0170 e. The summed E-state index contributed by atoms with van der Waals surface area (Å²) in [6, 6.07) is 0.645. The average Bonchev–Trinajstić information content (AvgIpc) is 2.65. The third-order valence-electron chi connectivity index (χ3n) is 3.23.